The van der Waals surface area contributed by atoms with Crippen LogP contribution in [0.15, 0.2) is 18.2 Å². The van der Waals surface area contributed by atoms with Crippen LogP contribution in [0.2, 0.25) is 0 Å². The molecular formula is C22H26F6N2O2. The fraction of sp³-hybridized carbons (Fsp3) is 0.636. The second kappa shape index (κ2) is 9.31. The summed E-state index contributed by atoms with van der Waals surface area (Å²) >= 11 is 0. The first-order valence-electron chi connectivity index (χ1n) is 10.7. The molecule has 178 valence electrons. The van der Waals surface area contributed by atoms with E-state index in [-0.39, 0.29) is 30.2 Å². The van der Waals surface area contributed by atoms with E-state index < -0.39 is 35.1 Å². The van der Waals surface area contributed by atoms with Gasteiger partial charge in [-0.3, -0.25) is 9.59 Å². The van der Waals surface area contributed by atoms with Crippen molar-refractivity contribution in [3.05, 3.63) is 29.3 Å². The highest BCUT2D eigenvalue weighted by molar-refractivity contribution is 5.91. The number of anilines is 1. The van der Waals surface area contributed by atoms with Crippen LogP contribution in [0.1, 0.15) is 56.6 Å². The SMILES string of the molecule is CC1CCCCC1C(=O)N1CCC(CC(=O)Nc2cc(C(F)(F)F)cc(C(F)(F)F)c2)C1. The average Bonchev–Trinajstić information content (AvgIpc) is 3.14. The molecule has 0 bridgehead atoms. The summed E-state index contributed by atoms with van der Waals surface area (Å²) in [4.78, 5) is 26.9. The van der Waals surface area contributed by atoms with Crippen molar-refractivity contribution in [3.63, 3.8) is 0 Å². The molecule has 1 aliphatic heterocycles. The molecule has 3 rings (SSSR count). The first-order chi connectivity index (χ1) is 14.8. The number of rotatable bonds is 4. The molecule has 10 heteroatoms. The number of benzene rings is 1. The van der Waals surface area contributed by atoms with E-state index in [2.05, 4.69) is 12.2 Å². The van der Waals surface area contributed by atoms with Crippen molar-refractivity contribution < 1.29 is 35.9 Å². The zero-order valence-electron chi connectivity index (χ0n) is 17.7. The third kappa shape index (κ3) is 5.95. The number of hydrogen-bond acceptors (Lipinski definition) is 2. The van der Waals surface area contributed by atoms with E-state index in [1.54, 1.807) is 4.90 Å². The van der Waals surface area contributed by atoms with E-state index in [0.717, 1.165) is 25.7 Å². The summed E-state index contributed by atoms with van der Waals surface area (Å²) in [6, 6.07) is 0.993. The van der Waals surface area contributed by atoms with Gasteiger partial charge in [-0.15, -0.1) is 0 Å². The number of hydrogen-bond donors (Lipinski definition) is 1. The van der Waals surface area contributed by atoms with E-state index in [0.29, 0.717) is 37.6 Å². The standard InChI is InChI=1S/C22H26F6N2O2/c1-13-4-2-3-5-18(13)20(32)30-7-6-14(12-30)8-19(31)29-17-10-15(21(23,24)25)9-16(11-17)22(26,27)28/h9-11,13-14,18H,2-8,12H2,1H3,(H,29,31). The van der Waals surface area contributed by atoms with Crippen LogP contribution in [0, 0.1) is 17.8 Å². The number of halogens is 6. The molecule has 2 amide bonds. The predicted molar refractivity (Wildman–Crippen MR) is 106 cm³/mol. The third-order valence-corrected chi connectivity index (χ3v) is 6.37. The van der Waals surface area contributed by atoms with Crippen LogP contribution in [-0.4, -0.2) is 29.8 Å². The van der Waals surface area contributed by atoms with Crippen molar-refractivity contribution in [1.29, 1.82) is 0 Å². The quantitative estimate of drug-likeness (QED) is 0.579. The Kier molecular flexibility index (Phi) is 7.09. The van der Waals surface area contributed by atoms with E-state index >= 15 is 0 Å². The molecule has 2 fully saturated rings. The molecular weight excluding hydrogens is 438 g/mol. The molecule has 4 nitrogen and oxygen atoms in total. The number of amides is 2. The maximum atomic E-state index is 13.0. The Morgan fingerprint density at radius 1 is 0.969 bits per heavy atom. The molecule has 0 spiro atoms. The Hall–Kier alpha value is -2.26. The summed E-state index contributed by atoms with van der Waals surface area (Å²) in [7, 11) is 0. The number of nitrogens with zero attached hydrogens (tertiary/aromatic N) is 1. The zero-order chi connectivity index (χ0) is 23.7. The van der Waals surface area contributed by atoms with Crippen molar-refractivity contribution >= 4 is 17.5 Å². The highest BCUT2D eigenvalue weighted by atomic mass is 19.4. The largest absolute Gasteiger partial charge is 0.416 e. The molecule has 1 aromatic carbocycles. The summed E-state index contributed by atoms with van der Waals surface area (Å²) in [6.07, 6.45) is -5.51. The summed E-state index contributed by atoms with van der Waals surface area (Å²) < 4.78 is 77.9. The lowest BCUT2D eigenvalue weighted by atomic mass is 9.79. The maximum absolute atomic E-state index is 13.0. The van der Waals surface area contributed by atoms with Gasteiger partial charge >= 0.3 is 12.4 Å². The van der Waals surface area contributed by atoms with Crippen LogP contribution in [0.5, 0.6) is 0 Å². The Morgan fingerprint density at radius 3 is 2.12 bits per heavy atom. The molecule has 3 atom stereocenters. The van der Waals surface area contributed by atoms with E-state index in [4.69, 9.17) is 0 Å². The lowest BCUT2D eigenvalue weighted by Gasteiger charge is -2.31. The van der Waals surface area contributed by atoms with Gasteiger partial charge in [0.1, 0.15) is 0 Å². The Morgan fingerprint density at radius 2 is 1.56 bits per heavy atom. The number of nitrogens with one attached hydrogen (secondary N) is 1. The van der Waals surface area contributed by atoms with Crippen LogP contribution in [-0.2, 0) is 21.9 Å². The monoisotopic (exact) mass is 464 g/mol. The molecule has 32 heavy (non-hydrogen) atoms. The number of alkyl halides is 6. The summed E-state index contributed by atoms with van der Waals surface area (Å²) in [5, 5.41) is 2.17. The van der Waals surface area contributed by atoms with Gasteiger partial charge in [0.15, 0.2) is 0 Å². The van der Waals surface area contributed by atoms with Crippen molar-refractivity contribution in [2.75, 3.05) is 18.4 Å². The van der Waals surface area contributed by atoms with Gasteiger partial charge in [0.25, 0.3) is 0 Å². The van der Waals surface area contributed by atoms with Gasteiger partial charge in [0.05, 0.1) is 11.1 Å². The number of likely N-dealkylation sites (tertiary alicyclic amines) is 1. The van der Waals surface area contributed by atoms with Gasteiger partial charge in [0.2, 0.25) is 11.8 Å². The molecule has 2 aliphatic rings. The van der Waals surface area contributed by atoms with Crippen LogP contribution in [0.3, 0.4) is 0 Å². The first-order valence-corrected chi connectivity index (χ1v) is 10.7. The summed E-state index contributed by atoms with van der Waals surface area (Å²) in [6.45, 7) is 2.93. The fourth-order valence-corrected chi connectivity index (χ4v) is 4.62. The van der Waals surface area contributed by atoms with Gasteiger partial charge < -0.3 is 10.2 Å². The normalized spacial score (nSPS) is 24.5. The second-order valence-electron chi connectivity index (χ2n) is 8.85. The minimum Gasteiger partial charge on any atom is -0.342 e. The Labute approximate surface area is 182 Å². The summed E-state index contributed by atoms with van der Waals surface area (Å²) in [5.74, 6) is -0.508. The molecule has 0 aromatic heterocycles. The van der Waals surface area contributed by atoms with Gasteiger partial charge in [-0.1, -0.05) is 19.8 Å². The molecule has 1 heterocycles. The average molecular weight is 464 g/mol. The Balaban J connectivity index is 1.62. The predicted octanol–water partition coefficient (Wildman–Crippen LogP) is 5.73. The minimum absolute atomic E-state index is 0.0162. The van der Waals surface area contributed by atoms with E-state index in [9.17, 15) is 35.9 Å². The van der Waals surface area contributed by atoms with Crippen LogP contribution in [0.25, 0.3) is 0 Å². The van der Waals surface area contributed by atoms with Crippen molar-refractivity contribution in [2.24, 2.45) is 17.8 Å². The topological polar surface area (TPSA) is 49.4 Å². The fourth-order valence-electron chi connectivity index (χ4n) is 4.62. The van der Waals surface area contributed by atoms with Gasteiger partial charge in [0, 0.05) is 31.1 Å². The highest BCUT2D eigenvalue weighted by Crippen LogP contribution is 2.38. The molecule has 1 saturated heterocycles. The number of carbonyl (C=O) groups excluding carboxylic acids is 2. The molecule has 1 aliphatic carbocycles. The molecule has 1 N–H and O–H groups in total. The maximum Gasteiger partial charge on any atom is 0.416 e. The molecule has 3 unspecified atom stereocenters. The minimum atomic E-state index is -4.98. The van der Waals surface area contributed by atoms with Gasteiger partial charge in [-0.25, -0.2) is 0 Å². The third-order valence-electron chi connectivity index (χ3n) is 6.37. The smallest absolute Gasteiger partial charge is 0.342 e. The summed E-state index contributed by atoms with van der Waals surface area (Å²) in [5.41, 5.74) is -3.53. The first kappa shape index (κ1) is 24.4. The van der Waals surface area contributed by atoms with Crippen molar-refractivity contribution in [1.82, 2.24) is 4.90 Å². The molecule has 1 saturated carbocycles. The van der Waals surface area contributed by atoms with E-state index in [1.807, 2.05) is 0 Å². The van der Waals surface area contributed by atoms with Gasteiger partial charge in [-0.2, -0.15) is 26.3 Å². The second-order valence-corrected chi connectivity index (χ2v) is 8.85. The van der Waals surface area contributed by atoms with Crippen LogP contribution < -0.4 is 5.32 Å². The lowest BCUT2D eigenvalue weighted by molar-refractivity contribution is -0.143. The zero-order valence-corrected chi connectivity index (χ0v) is 17.7. The highest BCUT2D eigenvalue weighted by Gasteiger charge is 2.38. The number of carbonyl (C=O) groups is 2. The van der Waals surface area contributed by atoms with Crippen LogP contribution in [0.4, 0.5) is 32.0 Å². The van der Waals surface area contributed by atoms with E-state index in [1.165, 1.54) is 0 Å². The van der Waals surface area contributed by atoms with Gasteiger partial charge in [-0.05, 0) is 49.3 Å². The Bertz CT molecular complexity index is 820. The molecule has 0 radical (unpaired) electrons. The van der Waals surface area contributed by atoms with Crippen LogP contribution >= 0.6 is 0 Å². The van der Waals surface area contributed by atoms with Crippen molar-refractivity contribution in [3.8, 4) is 0 Å². The molecule has 1 aromatic rings. The van der Waals surface area contributed by atoms with Crippen molar-refractivity contribution in [2.45, 2.75) is 57.8 Å². The lowest BCUT2D eigenvalue weighted by Crippen LogP contribution is -2.38.